The van der Waals surface area contributed by atoms with E-state index < -0.39 is 5.97 Å². The molecule has 2 amide bonds. The third-order valence-electron chi connectivity index (χ3n) is 4.15. The van der Waals surface area contributed by atoms with E-state index in [-0.39, 0.29) is 18.5 Å². The van der Waals surface area contributed by atoms with Crippen molar-refractivity contribution in [2.75, 3.05) is 32.7 Å². The quantitative estimate of drug-likeness (QED) is 0.769. The second-order valence-corrected chi connectivity index (χ2v) is 5.60. The highest BCUT2D eigenvalue weighted by Gasteiger charge is 2.23. The zero-order chi connectivity index (χ0) is 15.1. The van der Waals surface area contributed by atoms with Gasteiger partial charge < -0.3 is 15.3 Å². The minimum absolute atomic E-state index is 0.00400. The predicted octanol–water partition coefficient (Wildman–Crippen LogP) is 1.22. The molecule has 0 aromatic heterocycles. The second kappa shape index (κ2) is 8.09. The Bertz CT molecular complexity index is 328. The van der Waals surface area contributed by atoms with Gasteiger partial charge in [-0.3, -0.25) is 9.69 Å². The van der Waals surface area contributed by atoms with Crippen LogP contribution in [0.3, 0.4) is 0 Å². The van der Waals surface area contributed by atoms with Crippen LogP contribution in [0.2, 0.25) is 0 Å². The fourth-order valence-electron chi connectivity index (χ4n) is 2.21. The summed E-state index contributed by atoms with van der Waals surface area (Å²) in [6.45, 7) is 9.68. The first-order valence-corrected chi connectivity index (χ1v) is 7.43. The SMILES string of the molecule is CCC(C)C(C)NC(=O)N1CCN(CCC(=O)O)CC1. The summed E-state index contributed by atoms with van der Waals surface area (Å²) in [5.41, 5.74) is 0. The zero-order valence-electron chi connectivity index (χ0n) is 12.8. The van der Waals surface area contributed by atoms with Gasteiger partial charge >= 0.3 is 12.0 Å². The summed E-state index contributed by atoms with van der Waals surface area (Å²) in [6, 6.07) is 0.174. The summed E-state index contributed by atoms with van der Waals surface area (Å²) >= 11 is 0. The Morgan fingerprint density at radius 2 is 1.80 bits per heavy atom. The van der Waals surface area contributed by atoms with Crippen molar-refractivity contribution in [2.45, 2.75) is 39.7 Å². The summed E-state index contributed by atoms with van der Waals surface area (Å²) in [5, 5.41) is 11.7. The van der Waals surface area contributed by atoms with E-state index in [0.717, 1.165) is 19.5 Å². The molecule has 2 N–H and O–H groups in total. The smallest absolute Gasteiger partial charge is 0.317 e. The number of nitrogens with one attached hydrogen (secondary N) is 1. The number of amides is 2. The van der Waals surface area contributed by atoms with E-state index in [1.54, 1.807) is 0 Å². The van der Waals surface area contributed by atoms with Crippen LogP contribution in [0, 0.1) is 5.92 Å². The number of piperazine rings is 1. The largest absolute Gasteiger partial charge is 0.481 e. The monoisotopic (exact) mass is 285 g/mol. The Hall–Kier alpha value is -1.30. The molecule has 6 nitrogen and oxygen atoms in total. The van der Waals surface area contributed by atoms with Gasteiger partial charge in [-0.25, -0.2) is 4.79 Å². The van der Waals surface area contributed by atoms with Crippen molar-refractivity contribution in [3.05, 3.63) is 0 Å². The van der Waals surface area contributed by atoms with Gasteiger partial charge in [0, 0.05) is 38.8 Å². The van der Waals surface area contributed by atoms with E-state index in [1.165, 1.54) is 0 Å². The number of urea groups is 1. The normalized spacial score (nSPS) is 19.4. The fraction of sp³-hybridized carbons (Fsp3) is 0.857. The summed E-state index contributed by atoms with van der Waals surface area (Å²) < 4.78 is 0. The number of hydrogen-bond acceptors (Lipinski definition) is 3. The van der Waals surface area contributed by atoms with Crippen LogP contribution in [0.15, 0.2) is 0 Å². The molecule has 0 aliphatic carbocycles. The van der Waals surface area contributed by atoms with Crippen LogP contribution in [0.25, 0.3) is 0 Å². The molecule has 0 saturated carbocycles. The molecule has 1 aliphatic rings. The molecule has 1 fully saturated rings. The number of aliphatic carboxylic acids is 1. The molecular formula is C14H27N3O3. The number of carbonyl (C=O) groups excluding carboxylic acids is 1. The number of rotatable bonds is 6. The van der Waals surface area contributed by atoms with Crippen molar-refractivity contribution < 1.29 is 14.7 Å². The molecule has 0 radical (unpaired) electrons. The number of hydrogen-bond donors (Lipinski definition) is 2. The molecule has 2 atom stereocenters. The van der Waals surface area contributed by atoms with Crippen LogP contribution in [0.5, 0.6) is 0 Å². The Balaban J connectivity index is 2.30. The second-order valence-electron chi connectivity index (χ2n) is 5.60. The Kier molecular flexibility index (Phi) is 6.78. The third kappa shape index (κ3) is 5.36. The number of nitrogens with zero attached hydrogens (tertiary/aromatic N) is 2. The van der Waals surface area contributed by atoms with E-state index in [1.807, 2.05) is 11.8 Å². The highest BCUT2D eigenvalue weighted by Crippen LogP contribution is 2.08. The van der Waals surface area contributed by atoms with Gasteiger partial charge in [-0.1, -0.05) is 20.3 Å². The summed E-state index contributed by atoms with van der Waals surface area (Å²) in [7, 11) is 0. The molecule has 0 aromatic carbocycles. The topological polar surface area (TPSA) is 72.9 Å². The lowest BCUT2D eigenvalue weighted by Gasteiger charge is -2.35. The number of carboxylic acids is 1. The standard InChI is InChI=1S/C14H27N3O3/c1-4-11(2)12(3)15-14(20)17-9-7-16(8-10-17)6-5-13(18)19/h11-12H,4-10H2,1-3H3,(H,15,20)(H,18,19). The number of carbonyl (C=O) groups is 2. The van der Waals surface area contributed by atoms with Gasteiger partial charge in [0.25, 0.3) is 0 Å². The molecule has 116 valence electrons. The van der Waals surface area contributed by atoms with Crippen molar-refractivity contribution in [1.82, 2.24) is 15.1 Å². The molecule has 20 heavy (non-hydrogen) atoms. The summed E-state index contributed by atoms with van der Waals surface area (Å²) in [6.07, 6.45) is 1.21. The Morgan fingerprint density at radius 1 is 1.20 bits per heavy atom. The van der Waals surface area contributed by atoms with Gasteiger partial charge in [0.2, 0.25) is 0 Å². The minimum atomic E-state index is -0.771. The zero-order valence-corrected chi connectivity index (χ0v) is 12.8. The Morgan fingerprint density at radius 3 is 2.30 bits per heavy atom. The van der Waals surface area contributed by atoms with Gasteiger partial charge in [-0.05, 0) is 12.8 Å². The van der Waals surface area contributed by atoms with Gasteiger partial charge in [-0.15, -0.1) is 0 Å². The van der Waals surface area contributed by atoms with E-state index in [0.29, 0.717) is 25.6 Å². The lowest BCUT2D eigenvalue weighted by molar-refractivity contribution is -0.137. The van der Waals surface area contributed by atoms with Crippen LogP contribution in [0.1, 0.15) is 33.6 Å². The minimum Gasteiger partial charge on any atom is -0.481 e. The summed E-state index contributed by atoms with van der Waals surface area (Å²) in [5.74, 6) is -0.302. The van der Waals surface area contributed by atoms with Crippen molar-refractivity contribution in [2.24, 2.45) is 5.92 Å². The molecule has 1 aliphatic heterocycles. The molecular weight excluding hydrogens is 258 g/mol. The molecule has 1 heterocycles. The fourth-order valence-corrected chi connectivity index (χ4v) is 2.21. The average molecular weight is 285 g/mol. The molecule has 0 spiro atoms. The van der Waals surface area contributed by atoms with Crippen LogP contribution in [-0.4, -0.2) is 65.7 Å². The maximum Gasteiger partial charge on any atom is 0.317 e. The van der Waals surface area contributed by atoms with Crippen molar-refractivity contribution in [3.63, 3.8) is 0 Å². The molecule has 6 heteroatoms. The predicted molar refractivity (Wildman–Crippen MR) is 77.7 cm³/mol. The highest BCUT2D eigenvalue weighted by atomic mass is 16.4. The van der Waals surface area contributed by atoms with Crippen LogP contribution < -0.4 is 5.32 Å². The summed E-state index contributed by atoms with van der Waals surface area (Å²) in [4.78, 5) is 26.5. The maximum atomic E-state index is 12.1. The molecule has 0 aromatic rings. The van der Waals surface area contributed by atoms with Crippen molar-refractivity contribution in [3.8, 4) is 0 Å². The molecule has 0 bridgehead atoms. The van der Waals surface area contributed by atoms with Gasteiger partial charge in [0.15, 0.2) is 0 Å². The molecule has 2 unspecified atom stereocenters. The van der Waals surface area contributed by atoms with Gasteiger partial charge in [0.05, 0.1) is 6.42 Å². The van der Waals surface area contributed by atoms with Gasteiger partial charge in [0.1, 0.15) is 0 Å². The number of carboxylic acid groups (broad SMARTS) is 1. The lowest BCUT2D eigenvalue weighted by Crippen LogP contribution is -2.54. The average Bonchev–Trinajstić information content (AvgIpc) is 2.44. The first-order chi connectivity index (χ1) is 9.43. The first kappa shape index (κ1) is 16.8. The third-order valence-corrected chi connectivity index (χ3v) is 4.15. The van der Waals surface area contributed by atoms with E-state index in [2.05, 4.69) is 24.1 Å². The highest BCUT2D eigenvalue weighted by molar-refractivity contribution is 5.74. The first-order valence-electron chi connectivity index (χ1n) is 7.43. The van der Waals surface area contributed by atoms with Crippen LogP contribution >= 0.6 is 0 Å². The Labute approximate surface area is 121 Å². The van der Waals surface area contributed by atoms with E-state index in [4.69, 9.17) is 5.11 Å². The van der Waals surface area contributed by atoms with E-state index >= 15 is 0 Å². The lowest BCUT2D eigenvalue weighted by atomic mass is 10.0. The van der Waals surface area contributed by atoms with Crippen LogP contribution in [-0.2, 0) is 4.79 Å². The molecule has 1 rings (SSSR count). The van der Waals surface area contributed by atoms with Crippen molar-refractivity contribution in [1.29, 1.82) is 0 Å². The van der Waals surface area contributed by atoms with Crippen LogP contribution in [0.4, 0.5) is 4.79 Å². The van der Waals surface area contributed by atoms with Crippen molar-refractivity contribution >= 4 is 12.0 Å². The van der Waals surface area contributed by atoms with Gasteiger partial charge in [-0.2, -0.15) is 0 Å². The van der Waals surface area contributed by atoms with E-state index in [9.17, 15) is 9.59 Å². The maximum absolute atomic E-state index is 12.1. The molecule has 1 saturated heterocycles.